The SMILES string of the molecule is CCCCOCCNS(=O)(=O)c1ccsc1CNCC. The zero-order valence-electron chi connectivity index (χ0n) is 12.1. The number of hydrogen-bond acceptors (Lipinski definition) is 5. The Labute approximate surface area is 125 Å². The van der Waals surface area contributed by atoms with E-state index < -0.39 is 10.0 Å². The standard InChI is InChI=1S/C13H24N2O3S2/c1-3-5-8-18-9-7-15-20(16,17)13-6-10-19-12(13)11-14-4-2/h6,10,14-15H,3-5,7-9,11H2,1-2H3. The lowest BCUT2D eigenvalue weighted by Crippen LogP contribution is -2.28. The number of nitrogens with one attached hydrogen (secondary N) is 2. The predicted octanol–water partition coefficient (Wildman–Crippen LogP) is 1.95. The summed E-state index contributed by atoms with van der Waals surface area (Å²) in [6.07, 6.45) is 2.08. The summed E-state index contributed by atoms with van der Waals surface area (Å²) in [5.74, 6) is 0. The molecule has 1 heterocycles. The minimum absolute atomic E-state index is 0.308. The fourth-order valence-corrected chi connectivity index (χ4v) is 4.03. The second-order valence-corrected chi connectivity index (χ2v) is 7.09. The summed E-state index contributed by atoms with van der Waals surface area (Å²) in [5, 5.41) is 4.95. The average molecular weight is 320 g/mol. The molecular formula is C13H24N2O3S2. The maximum Gasteiger partial charge on any atom is 0.241 e. The molecule has 1 aromatic heterocycles. The van der Waals surface area contributed by atoms with Crippen molar-refractivity contribution in [3.05, 3.63) is 16.3 Å². The minimum Gasteiger partial charge on any atom is -0.380 e. The van der Waals surface area contributed by atoms with Gasteiger partial charge < -0.3 is 10.1 Å². The van der Waals surface area contributed by atoms with Crippen molar-refractivity contribution in [1.29, 1.82) is 0 Å². The average Bonchev–Trinajstić information content (AvgIpc) is 2.89. The highest BCUT2D eigenvalue weighted by molar-refractivity contribution is 7.89. The van der Waals surface area contributed by atoms with Gasteiger partial charge in [0.15, 0.2) is 0 Å². The maximum atomic E-state index is 12.2. The fraction of sp³-hybridized carbons (Fsp3) is 0.692. The van der Waals surface area contributed by atoms with Crippen LogP contribution in [0.3, 0.4) is 0 Å². The molecule has 0 aliphatic rings. The molecular weight excluding hydrogens is 296 g/mol. The number of thiophene rings is 1. The molecule has 0 aliphatic carbocycles. The molecule has 116 valence electrons. The van der Waals surface area contributed by atoms with Gasteiger partial charge in [-0.2, -0.15) is 0 Å². The van der Waals surface area contributed by atoms with E-state index in [1.165, 1.54) is 11.3 Å². The maximum absolute atomic E-state index is 12.2. The summed E-state index contributed by atoms with van der Waals surface area (Å²) in [4.78, 5) is 1.21. The number of sulfonamides is 1. The molecule has 1 aromatic rings. The highest BCUT2D eigenvalue weighted by atomic mass is 32.2. The van der Waals surface area contributed by atoms with Gasteiger partial charge in [-0.05, 0) is 24.4 Å². The van der Waals surface area contributed by atoms with Crippen LogP contribution in [0.4, 0.5) is 0 Å². The number of hydrogen-bond donors (Lipinski definition) is 2. The summed E-state index contributed by atoms with van der Waals surface area (Å²) < 4.78 is 32.3. The summed E-state index contributed by atoms with van der Waals surface area (Å²) in [6, 6.07) is 1.65. The van der Waals surface area contributed by atoms with Crippen molar-refractivity contribution in [3.8, 4) is 0 Å². The van der Waals surface area contributed by atoms with Crippen LogP contribution in [0.25, 0.3) is 0 Å². The third kappa shape index (κ3) is 5.88. The zero-order valence-corrected chi connectivity index (χ0v) is 13.8. The summed E-state index contributed by atoms with van der Waals surface area (Å²) in [7, 11) is -3.43. The molecule has 0 aliphatic heterocycles. The van der Waals surface area contributed by atoms with Crippen LogP contribution < -0.4 is 10.0 Å². The van der Waals surface area contributed by atoms with E-state index in [1.807, 2.05) is 6.92 Å². The van der Waals surface area contributed by atoms with E-state index in [0.29, 0.717) is 31.2 Å². The molecule has 0 bridgehead atoms. The molecule has 0 amide bonds. The number of ether oxygens (including phenoxy) is 1. The van der Waals surface area contributed by atoms with Crippen LogP contribution in [0.15, 0.2) is 16.3 Å². The third-order valence-corrected chi connectivity index (χ3v) is 5.31. The van der Waals surface area contributed by atoms with Crippen LogP contribution in [0, 0.1) is 0 Å². The lowest BCUT2D eigenvalue weighted by Gasteiger charge is -2.08. The van der Waals surface area contributed by atoms with E-state index in [0.717, 1.165) is 24.3 Å². The third-order valence-electron chi connectivity index (χ3n) is 2.71. The van der Waals surface area contributed by atoms with Gasteiger partial charge in [0.1, 0.15) is 0 Å². The Morgan fingerprint density at radius 3 is 2.80 bits per heavy atom. The minimum atomic E-state index is -3.43. The lowest BCUT2D eigenvalue weighted by atomic mass is 10.4. The topological polar surface area (TPSA) is 67.4 Å². The molecule has 0 saturated carbocycles. The van der Waals surface area contributed by atoms with Crippen molar-refractivity contribution < 1.29 is 13.2 Å². The van der Waals surface area contributed by atoms with Crippen molar-refractivity contribution in [2.45, 2.75) is 38.1 Å². The molecule has 0 atom stereocenters. The first-order valence-electron chi connectivity index (χ1n) is 6.96. The van der Waals surface area contributed by atoms with Crippen LogP contribution in [0.5, 0.6) is 0 Å². The van der Waals surface area contributed by atoms with Crippen molar-refractivity contribution in [2.75, 3.05) is 26.3 Å². The number of rotatable bonds is 11. The van der Waals surface area contributed by atoms with Gasteiger partial charge in [-0.25, -0.2) is 13.1 Å². The van der Waals surface area contributed by atoms with Crippen LogP contribution >= 0.6 is 11.3 Å². The van der Waals surface area contributed by atoms with Crippen molar-refractivity contribution in [2.24, 2.45) is 0 Å². The van der Waals surface area contributed by atoms with Crippen molar-refractivity contribution in [3.63, 3.8) is 0 Å². The van der Waals surface area contributed by atoms with Gasteiger partial charge in [-0.3, -0.25) is 0 Å². The molecule has 0 unspecified atom stereocenters. The molecule has 7 heteroatoms. The van der Waals surface area contributed by atoms with Gasteiger partial charge in [0.05, 0.1) is 11.5 Å². The Bertz CT molecular complexity index is 472. The van der Waals surface area contributed by atoms with Crippen LogP contribution in [0.1, 0.15) is 31.6 Å². The smallest absolute Gasteiger partial charge is 0.241 e. The summed E-state index contributed by atoms with van der Waals surface area (Å²) >= 11 is 1.45. The van der Waals surface area contributed by atoms with Gasteiger partial charge in [0, 0.05) is 24.6 Å². The summed E-state index contributed by atoms with van der Waals surface area (Å²) in [5.41, 5.74) is 0. The largest absolute Gasteiger partial charge is 0.380 e. The van der Waals surface area contributed by atoms with Gasteiger partial charge in [0.2, 0.25) is 10.0 Å². The summed E-state index contributed by atoms with van der Waals surface area (Å²) in [6.45, 7) is 6.88. The molecule has 1 rings (SSSR count). The first-order valence-corrected chi connectivity index (χ1v) is 9.32. The van der Waals surface area contributed by atoms with Crippen LogP contribution in [0.2, 0.25) is 0 Å². The van der Waals surface area contributed by atoms with Crippen LogP contribution in [-0.2, 0) is 21.3 Å². The van der Waals surface area contributed by atoms with Gasteiger partial charge in [-0.1, -0.05) is 20.3 Å². The van der Waals surface area contributed by atoms with E-state index in [9.17, 15) is 8.42 Å². The Hall–Kier alpha value is -0.470. The van der Waals surface area contributed by atoms with E-state index in [2.05, 4.69) is 17.0 Å². The van der Waals surface area contributed by atoms with E-state index in [4.69, 9.17) is 4.74 Å². The molecule has 0 saturated heterocycles. The fourth-order valence-electron chi connectivity index (χ4n) is 1.61. The van der Waals surface area contributed by atoms with E-state index in [-0.39, 0.29) is 0 Å². The Kier molecular flexibility index (Phi) is 8.32. The normalized spacial score (nSPS) is 11.9. The Morgan fingerprint density at radius 2 is 2.10 bits per heavy atom. The first-order chi connectivity index (χ1) is 9.61. The number of unbranched alkanes of at least 4 members (excludes halogenated alkanes) is 1. The molecule has 5 nitrogen and oxygen atoms in total. The van der Waals surface area contributed by atoms with Crippen molar-refractivity contribution in [1.82, 2.24) is 10.0 Å². The van der Waals surface area contributed by atoms with Gasteiger partial charge in [0.25, 0.3) is 0 Å². The highest BCUT2D eigenvalue weighted by Crippen LogP contribution is 2.21. The lowest BCUT2D eigenvalue weighted by molar-refractivity contribution is 0.136. The van der Waals surface area contributed by atoms with Crippen LogP contribution in [-0.4, -0.2) is 34.7 Å². The van der Waals surface area contributed by atoms with E-state index in [1.54, 1.807) is 11.4 Å². The molecule has 20 heavy (non-hydrogen) atoms. The first kappa shape index (κ1) is 17.6. The molecule has 0 fully saturated rings. The van der Waals surface area contributed by atoms with E-state index >= 15 is 0 Å². The highest BCUT2D eigenvalue weighted by Gasteiger charge is 2.18. The second kappa shape index (κ2) is 9.46. The monoisotopic (exact) mass is 320 g/mol. The molecule has 0 radical (unpaired) electrons. The van der Waals surface area contributed by atoms with Crippen molar-refractivity contribution >= 4 is 21.4 Å². The van der Waals surface area contributed by atoms with Gasteiger partial charge >= 0.3 is 0 Å². The second-order valence-electron chi connectivity index (χ2n) is 4.35. The quantitative estimate of drug-likeness (QED) is 0.612. The zero-order chi connectivity index (χ0) is 14.8. The Morgan fingerprint density at radius 1 is 1.30 bits per heavy atom. The molecule has 0 spiro atoms. The Balaban J connectivity index is 2.45. The van der Waals surface area contributed by atoms with Gasteiger partial charge in [-0.15, -0.1) is 11.3 Å². The molecule has 0 aromatic carbocycles. The predicted molar refractivity (Wildman–Crippen MR) is 82.6 cm³/mol. The molecule has 2 N–H and O–H groups in total.